The molecule has 0 spiro atoms. The zero-order valence-electron chi connectivity index (χ0n) is 12.5. The molecule has 1 fully saturated rings. The van der Waals surface area contributed by atoms with Gasteiger partial charge in [-0.05, 0) is 24.1 Å². The number of carboxylic acid groups (broad SMARTS) is 1. The number of alkyl halides is 3. The quantitative estimate of drug-likeness (QED) is 0.863. The van der Waals surface area contributed by atoms with Crippen LogP contribution in [0, 0.1) is 11.8 Å². The molecule has 0 aromatic heterocycles. The number of aliphatic carboxylic acids is 1. The number of carbonyl (C=O) groups is 2. The van der Waals surface area contributed by atoms with E-state index >= 15 is 0 Å². The van der Waals surface area contributed by atoms with Crippen LogP contribution >= 0.6 is 11.6 Å². The van der Waals surface area contributed by atoms with E-state index in [1.165, 1.54) is 0 Å². The van der Waals surface area contributed by atoms with Crippen molar-refractivity contribution >= 4 is 23.6 Å². The molecule has 0 bridgehead atoms. The van der Waals surface area contributed by atoms with Crippen molar-refractivity contribution in [3.63, 3.8) is 0 Å². The van der Waals surface area contributed by atoms with Gasteiger partial charge in [-0.15, -0.1) is 0 Å². The van der Waals surface area contributed by atoms with Gasteiger partial charge in [-0.2, -0.15) is 13.2 Å². The highest BCUT2D eigenvalue weighted by Gasteiger charge is 2.53. The molecule has 1 aliphatic heterocycles. The van der Waals surface area contributed by atoms with E-state index < -0.39 is 43.1 Å². The highest BCUT2D eigenvalue weighted by atomic mass is 35.5. The van der Waals surface area contributed by atoms with Crippen LogP contribution in [0.25, 0.3) is 0 Å². The summed E-state index contributed by atoms with van der Waals surface area (Å²) in [6, 6.07) is 6.27. The van der Waals surface area contributed by atoms with Crippen LogP contribution in [0.15, 0.2) is 24.3 Å². The van der Waals surface area contributed by atoms with Crippen molar-refractivity contribution in [2.24, 2.45) is 11.8 Å². The van der Waals surface area contributed by atoms with Gasteiger partial charge in [-0.25, -0.2) is 4.79 Å². The van der Waals surface area contributed by atoms with E-state index in [4.69, 9.17) is 16.7 Å². The topological polar surface area (TPSA) is 69.6 Å². The maximum atomic E-state index is 12.9. The number of halogens is 4. The molecule has 132 valence electrons. The van der Waals surface area contributed by atoms with Crippen LogP contribution in [0.2, 0.25) is 5.02 Å². The van der Waals surface area contributed by atoms with Gasteiger partial charge in [-0.1, -0.05) is 23.7 Å². The van der Waals surface area contributed by atoms with Crippen LogP contribution in [0.5, 0.6) is 0 Å². The summed E-state index contributed by atoms with van der Waals surface area (Å²) in [7, 11) is 0. The second-order valence-corrected chi connectivity index (χ2v) is 6.04. The molecule has 2 rings (SSSR count). The van der Waals surface area contributed by atoms with Crippen LogP contribution in [0.4, 0.5) is 18.0 Å². The zero-order chi connectivity index (χ0) is 17.9. The lowest BCUT2D eigenvalue weighted by molar-refractivity contribution is -0.187. The fourth-order valence-electron chi connectivity index (χ4n) is 2.63. The van der Waals surface area contributed by atoms with Gasteiger partial charge in [0.25, 0.3) is 0 Å². The zero-order valence-corrected chi connectivity index (χ0v) is 13.3. The predicted molar refractivity (Wildman–Crippen MR) is 80.8 cm³/mol. The first-order chi connectivity index (χ1) is 11.2. The summed E-state index contributed by atoms with van der Waals surface area (Å²) in [5.74, 6) is -5.22. The minimum absolute atomic E-state index is 0.228. The third kappa shape index (κ3) is 4.53. The lowest BCUT2D eigenvalue weighted by Gasteiger charge is -2.18. The number of likely N-dealkylation sites (tertiary alicyclic amines) is 1. The Morgan fingerprint density at radius 3 is 2.38 bits per heavy atom. The van der Waals surface area contributed by atoms with Crippen LogP contribution in [-0.2, 0) is 11.2 Å². The van der Waals surface area contributed by atoms with E-state index in [1.807, 2.05) is 0 Å². The van der Waals surface area contributed by atoms with Gasteiger partial charge >= 0.3 is 18.2 Å². The smallest absolute Gasteiger partial charge is 0.394 e. The van der Waals surface area contributed by atoms with Gasteiger partial charge in [0.2, 0.25) is 0 Å². The molecule has 9 heteroatoms. The molecule has 5 nitrogen and oxygen atoms in total. The van der Waals surface area contributed by atoms with E-state index in [9.17, 15) is 22.8 Å². The molecule has 24 heavy (non-hydrogen) atoms. The van der Waals surface area contributed by atoms with Gasteiger partial charge in [0.15, 0.2) is 0 Å². The average molecular weight is 365 g/mol. The van der Waals surface area contributed by atoms with Crippen molar-refractivity contribution in [2.45, 2.75) is 12.6 Å². The van der Waals surface area contributed by atoms with E-state index in [0.29, 0.717) is 11.4 Å². The first-order valence-corrected chi connectivity index (χ1v) is 7.63. The van der Waals surface area contributed by atoms with Gasteiger partial charge in [0.1, 0.15) is 0 Å². The maximum Gasteiger partial charge on any atom is 0.394 e. The molecule has 2 N–H and O–H groups in total. The van der Waals surface area contributed by atoms with Crippen molar-refractivity contribution in [1.29, 1.82) is 0 Å². The molecule has 1 aliphatic rings. The summed E-state index contributed by atoms with van der Waals surface area (Å²) < 4.78 is 38.6. The number of urea groups is 1. The molecular formula is C15H16ClF3N2O3. The minimum Gasteiger partial charge on any atom is -0.481 e. The monoisotopic (exact) mass is 364 g/mol. The molecule has 1 aromatic rings. The molecular weight excluding hydrogens is 349 g/mol. The average Bonchev–Trinajstić information content (AvgIpc) is 2.95. The number of carbonyl (C=O) groups excluding carboxylic acids is 1. The summed E-state index contributed by atoms with van der Waals surface area (Å²) in [6.07, 6.45) is -4.16. The standard InChI is InChI=1S/C15H16ClF3N2O3/c16-10-3-1-9(2-4-10)5-6-20-14(24)21-7-11(13(22)23)12(8-21)15(17,18)19/h1-4,11-12H,5-8H2,(H,20,24)(H,22,23)/t11-,12-/m1/s1. The lowest BCUT2D eigenvalue weighted by Crippen LogP contribution is -2.40. The van der Waals surface area contributed by atoms with Gasteiger partial charge < -0.3 is 15.3 Å². The van der Waals surface area contributed by atoms with Gasteiger partial charge in [0.05, 0.1) is 11.8 Å². The van der Waals surface area contributed by atoms with Crippen molar-refractivity contribution in [3.8, 4) is 0 Å². The Morgan fingerprint density at radius 2 is 1.88 bits per heavy atom. The summed E-state index contributed by atoms with van der Waals surface area (Å²) in [6.45, 7) is -0.870. The Morgan fingerprint density at radius 1 is 1.25 bits per heavy atom. The molecule has 0 unspecified atom stereocenters. The Hall–Kier alpha value is -1.96. The van der Waals surface area contributed by atoms with Gasteiger partial charge in [0, 0.05) is 24.7 Å². The fourth-order valence-corrected chi connectivity index (χ4v) is 2.75. The summed E-state index contributed by atoms with van der Waals surface area (Å²) in [5, 5.41) is 12.0. The maximum absolute atomic E-state index is 12.9. The van der Waals surface area contributed by atoms with E-state index in [2.05, 4.69) is 5.32 Å². The van der Waals surface area contributed by atoms with Gasteiger partial charge in [-0.3, -0.25) is 4.79 Å². The lowest BCUT2D eigenvalue weighted by atomic mass is 9.96. The molecule has 2 atom stereocenters. The number of hydrogen-bond acceptors (Lipinski definition) is 2. The fraction of sp³-hybridized carbons (Fsp3) is 0.467. The summed E-state index contributed by atoms with van der Waals surface area (Å²) in [5.41, 5.74) is 0.915. The second-order valence-electron chi connectivity index (χ2n) is 5.61. The van der Waals surface area contributed by atoms with Crippen LogP contribution < -0.4 is 5.32 Å². The summed E-state index contributed by atoms with van der Waals surface area (Å²) >= 11 is 5.76. The number of nitrogens with zero attached hydrogens (tertiary/aromatic N) is 1. The van der Waals surface area contributed by atoms with E-state index in [0.717, 1.165) is 10.5 Å². The Bertz CT molecular complexity index is 607. The molecule has 0 saturated carbocycles. The number of benzene rings is 1. The van der Waals surface area contributed by atoms with Crippen molar-refractivity contribution < 1.29 is 27.9 Å². The number of amides is 2. The minimum atomic E-state index is -4.65. The number of nitrogens with one attached hydrogen (secondary N) is 1. The van der Waals surface area contributed by atoms with Crippen molar-refractivity contribution in [3.05, 3.63) is 34.9 Å². The molecule has 1 heterocycles. The Kier molecular flexibility index (Phi) is 5.58. The molecule has 1 saturated heterocycles. The molecule has 0 radical (unpaired) electrons. The largest absolute Gasteiger partial charge is 0.481 e. The van der Waals surface area contributed by atoms with E-state index in [-0.39, 0.29) is 6.54 Å². The SMILES string of the molecule is O=C(O)[C@@H]1CN(C(=O)NCCc2ccc(Cl)cc2)C[C@H]1C(F)(F)F. The van der Waals surface area contributed by atoms with Crippen LogP contribution in [0.3, 0.4) is 0 Å². The van der Waals surface area contributed by atoms with Crippen LogP contribution in [-0.4, -0.2) is 47.8 Å². The molecule has 0 aliphatic carbocycles. The Labute approximate surface area is 141 Å². The van der Waals surface area contributed by atoms with Crippen LogP contribution in [0.1, 0.15) is 5.56 Å². The third-order valence-electron chi connectivity index (χ3n) is 3.95. The number of rotatable bonds is 4. The van der Waals surface area contributed by atoms with Crippen molar-refractivity contribution in [2.75, 3.05) is 19.6 Å². The second kappa shape index (κ2) is 7.29. The first-order valence-electron chi connectivity index (χ1n) is 7.25. The normalized spacial score (nSPS) is 20.9. The first kappa shape index (κ1) is 18.4. The molecule has 1 aromatic carbocycles. The molecule has 2 amide bonds. The predicted octanol–water partition coefficient (Wildman–Crippen LogP) is 2.79. The summed E-state index contributed by atoms with van der Waals surface area (Å²) in [4.78, 5) is 23.8. The van der Waals surface area contributed by atoms with Crippen molar-refractivity contribution in [1.82, 2.24) is 10.2 Å². The highest BCUT2D eigenvalue weighted by molar-refractivity contribution is 6.30. The number of hydrogen-bond donors (Lipinski definition) is 2. The Balaban J connectivity index is 1.88. The highest BCUT2D eigenvalue weighted by Crippen LogP contribution is 2.37. The van der Waals surface area contributed by atoms with E-state index in [1.54, 1.807) is 24.3 Å². The third-order valence-corrected chi connectivity index (χ3v) is 4.20. The number of carboxylic acids is 1.